The lowest BCUT2D eigenvalue weighted by Crippen LogP contribution is -2.05. The fourth-order valence-corrected chi connectivity index (χ4v) is 3.07. The molecule has 0 aromatic heterocycles. The molecule has 0 aliphatic heterocycles. The van der Waals surface area contributed by atoms with Crippen molar-refractivity contribution in [1.29, 1.82) is 0 Å². The van der Waals surface area contributed by atoms with Crippen LogP contribution >= 0.6 is 0 Å². The zero-order valence-corrected chi connectivity index (χ0v) is 10.9. The molecule has 1 aromatic carbocycles. The first kappa shape index (κ1) is 11.7. The molecule has 0 radical (unpaired) electrons. The first-order valence-corrected chi connectivity index (χ1v) is 6.61. The predicted octanol–water partition coefficient (Wildman–Crippen LogP) is 4.75. The van der Waals surface area contributed by atoms with Gasteiger partial charge in [0.2, 0.25) is 0 Å². The van der Waals surface area contributed by atoms with Crippen molar-refractivity contribution in [3.63, 3.8) is 0 Å². The van der Waals surface area contributed by atoms with Crippen molar-refractivity contribution in [3.05, 3.63) is 35.4 Å². The predicted molar refractivity (Wildman–Crippen MR) is 70.6 cm³/mol. The maximum absolute atomic E-state index is 2.42. The molecule has 16 heavy (non-hydrogen) atoms. The Kier molecular flexibility index (Phi) is 3.37. The van der Waals surface area contributed by atoms with Crippen LogP contribution in [0.25, 0.3) is 0 Å². The topological polar surface area (TPSA) is 0 Å². The van der Waals surface area contributed by atoms with Crippen LogP contribution < -0.4 is 0 Å². The lowest BCUT2D eigenvalue weighted by Gasteiger charge is -2.17. The van der Waals surface area contributed by atoms with Crippen molar-refractivity contribution in [2.75, 3.05) is 0 Å². The number of hydrogen-bond acceptors (Lipinski definition) is 0. The van der Waals surface area contributed by atoms with Crippen molar-refractivity contribution < 1.29 is 0 Å². The smallest absolute Gasteiger partial charge is 0.0276 e. The van der Waals surface area contributed by atoms with Crippen LogP contribution in [0.3, 0.4) is 0 Å². The van der Waals surface area contributed by atoms with Gasteiger partial charge in [0.15, 0.2) is 0 Å². The molecule has 1 aliphatic carbocycles. The first-order chi connectivity index (χ1) is 7.55. The van der Waals surface area contributed by atoms with Gasteiger partial charge in [0, 0.05) is 0 Å². The second kappa shape index (κ2) is 4.61. The molecule has 88 valence electrons. The minimum Gasteiger partial charge on any atom is -0.0617 e. The van der Waals surface area contributed by atoms with E-state index >= 15 is 0 Å². The van der Waals surface area contributed by atoms with E-state index in [9.17, 15) is 0 Å². The van der Waals surface area contributed by atoms with Crippen molar-refractivity contribution in [3.8, 4) is 0 Å². The lowest BCUT2D eigenvalue weighted by atomic mass is 9.89. The van der Waals surface area contributed by atoms with Gasteiger partial charge in [0.1, 0.15) is 0 Å². The maximum Gasteiger partial charge on any atom is -0.0276 e. The highest BCUT2D eigenvalue weighted by atomic mass is 14.4. The summed E-state index contributed by atoms with van der Waals surface area (Å²) in [6, 6.07) is 8.97. The van der Waals surface area contributed by atoms with E-state index in [1.165, 1.54) is 43.2 Å². The van der Waals surface area contributed by atoms with E-state index in [1.807, 2.05) is 0 Å². The van der Waals surface area contributed by atoms with Crippen LogP contribution in [0.2, 0.25) is 0 Å². The van der Waals surface area contributed by atoms with Gasteiger partial charge in [-0.2, -0.15) is 0 Å². The summed E-state index contributed by atoms with van der Waals surface area (Å²) in [4.78, 5) is 0. The van der Waals surface area contributed by atoms with E-state index in [0.717, 1.165) is 5.92 Å². The Morgan fingerprint density at radius 3 is 2.75 bits per heavy atom. The standard InChI is InChI=1S/C16H24/c1-13-5-4-6-14(11-13)7-8-15-9-10-16(2,3)12-15/h4-6,11,15H,7-10,12H2,1-3H3. The van der Waals surface area contributed by atoms with Crippen LogP contribution in [0.15, 0.2) is 24.3 Å². The van der Waals surface area contributed by atoms with Crippen LogP contribution in [0, 0.1) is 18.3 Å². The molecular weight excluding hydrogens is 192 g/mol. The van der Waals surface area contributed by atoms with E-state index in [0.29, 0.717) is 5.41 Å². The van der Waals surface area contributed by atoms with Crippen LogP contribution in [-0.2, 0) is 6.42 Å². The largest absolute Gasteiger partial charge is 0.0617 e. The summed E-state index contributed by atoms with van der Waals surface area (Å²) >= 11 is 0. The van der Waals surface area contributed by atoms with E-state index in [-0.39, 0.29) is 0 Å². The molecule has 0 amide bonds. The van der Waals surface area contributed by atoms with E-state index in [2.05, 4.69) is 45.0 Å². The fourth-order valence-electron chi connectivity index (χ4n) is 3.07. The minimum absolute atomic E-state index is 0.608. The van der Waals surface area contributed by atoms with Crippen LogP contribution in [0.4, 0.5) is 0 Å². The normalized spacial score (nSPS) is 23.6. The van der Waals surface area contributed by atoms with Crippen molar-refractivity contribution in [2.24, 2.45) is 11.3 Å². The highest BCUT2D eigenvalue weighted by Gasteiger charge is 2.30. The molecule has 1 atom stereocenters. The molecule has 0 nitrogen and oxygen atoms in total. The molecule has 0 N–H and O–H groups in total. The lowest BCUT2D eigenvalue weighted by molar-refractivity contribution is 0.354. The number of rotatable bonds is 3. The number of benzene rings is 1. The van der Waals surface area contributed by atoms with Gasteiger partial charge in [0.25, 0.3) is 0 Å². The van der Waals surface area contributed by atoms with Gasteiger partial charge in [-0.15, -0.1) is 0 Å². The van der Waals surface area contributed by atoms with Crippen molar-refractivity contribution in [2.45, 2.75) is 52.9 Å². The van der Waals surface area contributed by atoms with Crippen LogP contribution in [0.5, 0.6) is 0 Å². The zero-order valence-electron chi connectivity index (χ0n) is 10.9. The summed E-state index contributed by atoms with van der Waals surface area (Å²) in [5, 5.41) is 0. The minimum atomic E-state index is 0.608. The Balaban J connectivity index is 1.84. The highest BCUT2D eigenvalue weighted by molar-refractivity contribution is 5.22. The molecule has 1 unspecified atom stereocenters. The molecule has 0 bridgehead atoms. The average molecular weight is 216 g/mol. The van der Waals surface area contributed by atoms with Gasteiger partial charge >= 0.3 is 0 Å². The monoisotopic (exact) mass is 216 g/mol. The van der Waals surface area contributed by atoms with Crippen molar-refractivity contribution in [1.82, 2.24) is 0 Å². The third-order valence-corrected chi connectivity index (χ3v) is 3.99. The molecule has 0 heteroatoms. The summed E-state index contributed by atoms with van der Waals surface area (Å²) in [5.74, 6) is 0.968. The summed E-state index contributed by atoms with van der Waals surface area (Å²) < 4.78 is 0. The van der Waals surface area contributed by atoms with E-state index in [1.54, 1.807) is 0 Å². The van der Waals surface area contributed by atoms with Crippen molar-refractivity contribution >= 4 is 0 Å². The Morgan fingerprint density at radius 2 is 2.12 bits per heavy atom. The highest BCUT2D eigenvalue weighted by Crippen LogP contribution is 2.42. The Hall–Kier alpha value is -0.780. The Labute approximate surface area is 100 Å². The van der Waals surface area contributed by atoms with Gasteiger partial charge in [-0.05, 0) is 55.9 Å². The van der Waals surface area contributed by atoms with E-state index in [4.69, 9.17) is 0 Å². The average Bonchev–Trinajstić information content (AvgIpc) is 2.56. The summed E-state index contributed by atoms with van der Waals surface area (Å²) in [7, 11) is 0. The molecule has 0 spiro atoms. The van der Waals surface area contributed by atoms with Gasteiger partial charge in [0.05, 0.1) is 0 Å². The molecule has 1 saturated carbocycles. The number of aryl methyl sites for hydroxylation is 2. The second-order valence-corrected chi connectivity index (χ2v) is 6.30. The quantitative estimate of drug-likeness (QED) is 0.683. The Morgan fingerprint density at radius 1 is 1.31 bits per heavy atom. The van der Waals surface area contributed by atoms with Gasteiger partial charge < -0.3 is 0 Å². The third-order valence-electron chi connectivity index (χ3n) is 3.99. The molecule has 0 heterocycles. The van der Waals surface area contributed by atoms with E-state index < -0.39 is 0 Å². The van der Waals surface area contributed by atoms with Gasteiger partial charge in [-0.25, -0.2) is 0 Å². The molecule has 2 rings (SSSR count). The van der Waals surface area contributed by atoms with Crippen LogP contribution in [0.1, 0.15) is 50.7 Å². The van der Waals surface area contributed by atoms with Gasteiger partial charge in [-0.3, -0.25) is 0 Å². The summed E-state index contributed by atoms with van der Waals surface area (Å²) in [5.41, 5.74) is 3.52. The van der Waals surface area contributed by atoms with Gasteiger partial charge in [-0.1, -0.05) is 43.7 Å². The Bertz CT molecular complexity index is 349. The first-order valence-electron chi connectivity index (χ1n) is 6.61. The second-order valence-electron chi connectivity index (χ2n) is 6.30. The zero-order chi connectivity index (χ0) is 11.6. The molecule has 1 fully saturated rings. The fraction of sp³-hybridized carbons (Fsp3) is 0.625. The summed E-state index contributed by atoms with van der Waals surface area (Å²) in [6.07, 6.45) is 6.94. The summed E-state index contributed by atoms with van der Waals surface area (Å²) in [6.45, 7) is 7.02. The SMILES string of the molecule is Cc1cccc(CCC2CCC(C)(C)C2)c1. The maximum atomic E-state index is 2.42. The third kappa shape index (κ3) is 3.10. The molecule has 1 aromatic rings. The number of hydrogen-bond donors (Lipinski definition) is 0. The molecular formula is C16H24. The molecule has 0 saturated heterocycles. The molecule has 1 aliphatic rings. The van der Waals surface area contributed by atoms with Crippen LogP contribution in [-0.4, -0.2) is 0 Å².